The third-order valence-corrected chi connectivity index (χ3v) is 9.49. The van der Waals surface area contributed by atoms with Crippen LogP contribution < -0.4 is 4.74 Å². The standard InChI is InChI=1S/C44H26O2/c1-2-9-34-30(6-1)22-25-41-44(34)43-35(10-5-13-40(43)46-41)31-20-18-28(19-21-31)27-14-16-29(17-15-27)33-23-24-38-37(26-33)36-11-3-7-32-8-4-12-39(45-38)42(32)36/h1-26H. The summed E-state index contributed by atoms with van der Waals surface area (Å²) >= 11 is 0. The number of hydrogen-bond acceptors (Lipinski definition) is 2. The van der Waals surface area contributed by atoms with Gasteiger partial charge in [-0.3, -0.25) is 0 Å². The third-order valence-electron chi connectivity index (χ3n) is 9.49. The fourth-order valence-corrected chi connectivity index (χ4v) is 7.27. The molecule has 2 nitrogen and oxygen atoms in total. The molecular weight excluding hydrogens is 560 g/mol. The molecule has 1 aliphatic heterocycles. The van der Waals surface area contributed by atoms with Crippen LogP contribution in [0.2, 0.25) is 0 Å². The first-order valence-corrected chi connectivity index (χ1v) is 15.7. The summed E-state index contributed by atoms with van der Waals surface area (Å²) in [6.45, 7) is 0. The predicted molar refractivity (Wildman–Crippen MR) is 191 cm³/mol. The minimum absolute atomic E-state index is 0.902. The van der Waals surface area contributed by atoms with Crippen molar-refractivity contribution in [3.05, 3.63) is 158 Å². The van der Waals surface area contributed by atoms with Gasteiger partial charge in [-0.25, -0.2) is 0 Å². The zero-order valence-electron chi connectivity index (χ0n) is 24.8. The molecule has 0 unspecified atom stereocenters. The van der Waals surface area contributed by atoms with Gasteiger partial charge in [0.05, 0.1) is 0 Å². The van der Waals surface area contributed by atoms with E-state index in [2.05, 4.69) is 158 Å². The van der Waals surface area contributed by atoms with Crippen molar-refractivity contribution in [2.24, 2.45) is 0 Å². The van der Waals surface area contributed by atoms with Crippen molar-refractivity contribution in [1.82, 2.24) is 0 Å². The highest BCUT2D eigenvalue weighted by atomic mass is 16.5. The molecule has 0 saturated carbocycles. The Morgan fingerprint density at radius 1 is 0.326 bits per heavy atom. The van der Waals surface area contributed by atoms with Crippen LogP contribution in [0.4, 0.5) is 0 Å². The second-order valence-electron chi connectivity index (χ2n) is 12.1. The molecule has 8 aromatic carbocycles. The van der Waals surface area contributed by atoms with Gasteiger partial charge in [0, 0.05) is 21.7 Å². The average Bonchev–Trinajstić information content (AvgIpc) is 3.52. The summed E-state index contributed by atoms with van der Waals surface area (Å²) in [6, 6.07) is 56.1. The smallest absolute Gasteiger partial charge is 0.136 e. The van der Waals surface area contributed by atoms with Gasteiger partial charge in [-0.05, 0) is 85.4 Å². The summed E-state index contributed by atoms with van der Waals surface area (Å²) in [5.41, 5.74) is 11.3. The van der Waals surface area contributed by atoms with E-state index in [1.54, 1.807) is 0 Å². The number of furan rings is 1. The monoisotopic (exact) mass is 586 g/mol. The first-order chi connectivity index (χ1) is 22.8. The van der Waals surface area contributed by atoms with Gasteiger partial charge in [0.2, 0.25) is 0 Å². The molecule has 0 bridgehead atoms. The van der Waals surface area contributed by atoms with Crippen molar-refractivity contribution in [3.63, 3.8) is 0 Å². The van der Waals surface area contributed by atoms with E-state index in [-0.39, 0.29) is 0 Å². The van der Waals surface area contributed by atoms with E-state index in [4.69, 9.17) is 9.15 Å². The van der Waals surface area contributed by atoms with E-state index in [0.717, 1.165) is 28.2 Å². The lowest BCUT2D eigenvalue weighted by Gasteiger charge is -2.22. The van der Waals surface area contributed by atoms with Crippen molar-refractivity contribution in [2.45, 2.75) is 0 Å². The van der Waals surface area contributed by atoms with Crippen LogP contribution in [-0.2, 0) is 0 Å². The summed E-state index contributed by atoms with van der Waals surface area (Å²) in [7, 11) is 0. The summed E-state index contributed by atoms with van der Waals surface area (Å²) < 4.78 is 12.6. The quantitative estimate of drug-likeness (QED) is 0.205. The van der Waals surface area contributed by atoms with Crippen LogP contribution >= 0.6 is 0 Å². The maximum atomic E-state index is 6.32. The maximum absolute atomic E-state index is 6.32. The highest BCUT2D eigenvalue weighted by Gasteiger charge is 2.20. The van der Waals surface area contributed by atoms with Crippen LogP contribution in [0.1, 0.15) is 0 Å². The van der Waals surface area contributed by atoms with Crippen LogP contribution in [0.25, 0.3) is 88.0 Å². The van der Waals surface area contributed by atoms with Crippen LogP contribution in [0, 0.1) is 0 Å². The van der Waals surface area contributed by atoms with Gasteiger partial charge in [0.1, 0.15) is 22.7 Å². The Labute approximate surface area is 265 Å². The molecular formula is C44H26O2. The number of benzene rings is 8. The summed E-state index contributed by atoms with van der Waals surface area (Å²) in [5, 5.41) is 7.16. The predicted octanol–water partition coefficient (Wildman–Crippen LogP) is 12.7. The third kappa shape index (κ3) is 3.77. The minimum Gasteiger partial charge on any atom is -0.456 e. The van der Waals surface area contributed by atoms with Crippen LogP contribution in [0.5, 0.6) is 11.5 Å². The first kappa shape index (κ1) is 25.2. The number of hydrogen-bond donors (Lipinski definition) is 0. The van der Waals surface area contributed by atoms with Crippen molar-refractivity contribution in [3.8, 4) is 56.0 Å². The Kier molecular flexibility index (Phi) is 5.31. The Bertz CT molecular complexity index is 2640. The van der Waals surface area contributed by atoms with Gasteiger partial charge >= 0.3 is 0 Å². The number of ether oxygens (including phenoxy) is 1. The SMILES string of the molecule is c1cc2c3c(cccc3c1)-c1cc(-c3ccc(-c4ccc(-c5cccc6oc7ccc8ccccc8c7c56)cc4)cc3)ccc1O2. The molecule has 1 aliphatic rings. The topological polar surface area (TPSA) is 22.4 Å². The molecule has 0 aliphatic carbocycles. The molecule has 0 radical (unpaired) electrons. The molecule has 0 spiro atoms. The lowest BCUT2D eigenvalue weighted by atomic mass is 9.92. The van der Waals surface area contributed by atoms with Gasteiger partial charge in [0.15, 0.2) is 0 Å². The lowest BCUT2D eigenvalue weighted by Crippen LogP contribution is -1.97. The Hall–Kier alpha value is -6.12. The van der Waals surface area contributed by atoms with Gasteiger partial charge in [0.25, 0.3) is 0 Å². The second-order valence-corrected chi connectivity index (χ2v) is 12.1. The van der Waals surface area contributed by atoms with E-state index in [1.165, 1.54) is 71.3 Å². The van der Waals surface area contributed by atoms with E-state index < -0.39 is 0 Å². The minimum atomic E-state index is 0.902. The van der Waals surface area contributed by atoms with E-state index in [1.807, 2.05) is 0 Å². The molecule has 2 heteroatoms. The molecule has 0 fully saturated rings. The van der Waals surface area contributed by atoms with Crippen molar-refractivity contribution >= 4 is 43.5 Å². The van der Waals surface area contributed by atoms with Crippen LogP contribution in [-0.4, -0.2) is 0 Å². The normalized spacial score (nSPS) is 12.1. The average molecular weight is 587 g/mol. The van der Waals surface area contributed by atoms with Crippen molar-refractivity contribution < 1.29 is 9.15 Å². The Balaban J connectivity index is 0.995. The van der Waals surface area contributed by atoms with Gasteiger partial charge in [-0.15, -0.1) is 0 Å². The van der Waals surface area contributed by atoms with Crippen molar-refractivity contribution in [1.29, 1.82) is 0 Å². The zero-order valence-corrected chi connectivity index (χ0v) is 24.8. The molecule has 9 aromatic rings. The summed E-state index contributed by atoms with van der Waals surface area (Å²) in [5.74, 6) is 1.82. The summed E-state index contributed by atoms with van der Waals surface area (Å²) in [4.78, 5) is 0. The molecule has 0 atom stereocenters. The zero-order chi connectivity index (χ0) is 30.2. The second kappa shape index (κ2) is 9.69. The number of fused-ring (bicyclic) bond motifs is 7. The largest absolute Gasteiger partial charge is 0.456 e. The van der Waals surface area contributed by atoms with E-state index in [9.17, 15) is 0 Å². The molecule has 46 heavy (non-hydrogen) atoms. The van der Waals surface area contributed by atoms with Crippen molar-refractivity contribution in [2.75, 3.05) is 0 Å². The molecule has 0 saturated heterocycles. The van der Waals surface area contributed by atoms with Crippen LogP contribution in [0.3, 0.4) is 0 Å². The fraction of sp³-hybridized carbons (Fsp3) is 0. The highest BCUT2D eigenvalue weighted by Crippen LogP contribution is 2.47. The summed E-state index contributed by atoms with van der Waals surface area (Å²) in [6.07, 6.45) is 0. The molecule has 10 rings (SSSR count). The van der Waals surface area contributed by atoms with Gasteiger partial charge in [-0.2, -0.15) is 0 Å². The lowest BCUT2D eigenvalue weighted by molar-refractivity contribution is 0.487. The first-order valence-electron chi connectivity index (χ1n) is 15.7. The van der Waals surface area contributed by atoms with E-state index in [0.29, 0.717) is 0 Å². The van der Waals surface area contributed by atoms with E-state index >= 15 is 0 Å². The van der Waals surface area contributed by atoms with Crippen LogP contribution in [0.15, 0.2) is 162 Å². The highest BCUT2D eigenvalue weighted by molar-refractivity contribution is 6.22. The maximum Gasteiger partial charge on any atom is 0.136 e. The Morgan fingerprint density at radius 2 is 0.957 bits per heavy atom. The molecule has 214 valence electrons. The Morgan fingerprint density at radius 3 is 1.78 bits per heavy atom. The fourth-order valence-electron chi connectivity index (χ4n) is 7.27. The molecule has 1 aromatic heterocycles. The van der Waals surface area contributed by atoms with Gasteiger partial charge < -0.3 is 9.15 Å². The molecule has 2 heterocycles. The molecule has 0 N–H and O–H groups in total. The van der Waals surface area contributed by atoms with Gasteiger partial charge in [-0.1, -0.05) is 127 Å². The number of rotatable bonds is 3. The molecule has 0 amide bonds.